The largest absolute Gasteiger partial charge is 0.390 e. The Bertz CT molecular complexity index is 7820. The number of alkyl halides is 3. The van der Waals surface area contributed by atoms with E-state index in [2.05, 4.69) is 211 Å². The highest BCUT2D eigenvalue weighted by Gasteiger charge is 2.35. The van der Waals surface area contributed by atoms with Gasteiger partial charge in [0.1, 0.15) is 27.6 Å². The van der Waals surface area contributed by atoms with Gasteiger partial charge in [-0.2, -0.15) is 60.5 Å². The highest BCUT2D eigenvalue weighted by Crippen LogP contribution is 2.45. The van der Waals surface area contributed by atoms with E-state index < -0.39 is 12.6 Å². The van der Waals surface area contributed by atoms with Crippen molar-refractivity contribution in [2.24, 2.45) is 5.92 Å². The van der Waals surface area contributed by atoms with Crippen LogP contribution in [0.1, 0.15) is 175 Å². The normalized spacial score (nSPS) is 16.5. The molecule has 0 spiro atoms. The van der Waals surface area contributed by atoms with Crippen molar-refractivity contribution >= 4 is 227 Å². The minimum absolute atomic E-state index is 0.0831. The lowest BCUT2D eigenvalue weighted by molar-refractivity contribution is -0.138. The maximum absolute atomic E-state index is 12.5. The number of carbonyl (C=O) groups excluding carboxylic acids is 1. The zero-order chi connectivity index (χ0) is 97.7. The van der Waals surface area contributed by atoms with E-state index in [0.717, 1.165) is 178 Å². The van der Waals surface area contributed by atoms with Crippen molar-refractivity contribution in [2.75, 3.05) is 113 Å². The fourth-order valence-corrected chi connectivity index (χ4v) is 25.1. The molecule has 15 aromatic heterocycles. The van der Waals surface area contributed by atoms with Gasteiger partial charge in [0, 0.05) is 148 Å². The first-order chi connectivity index (χ1) is 70.4. The van der Waals surface area contributed by atoms with E-state index in [0.29, 0.717) is 55.2 Å². The third kappa shape index (κ3) is 21.9. The molecular formula is C105H113F3N30OS5. The number of likely N-dealkylation sites (N-methyl/N-ethyl adjacent to an activating group) is 1. The van der Waals surface area contributed by atoms with Crippen LogP contribution in [-0.4, -0.2) is 226 Å². The molecule has 2 saturated carbocycles. The maximum Gasteiger partial charge on any atom is 0.390 e. The number of H-pyrrole nitrogens is 5. The van der Waals surface area contributed by atoms with Crippen LogP contribution < -0.4 is 26.6 Å². The Morgan fingerprint density at radius 1 is 0.375 bits per heavy atom. The standard InChI is InChI=1S/C22H25N7OS.C22H24N6S.C21H21F3N6S.C21H24N6S.C19H19N5S/c1-28(2)13-19(30)29-10-7-14(8-11-29)20-16-6-5-15(12-18(16)31-27-20)24-22-21-17(25-26-22)4-3-9-23-21;1-2-18-21(23-9-1)22(26-25-18)24-16-5-6-17-19(12-16)29-27-20(17)15-7-10-28(11-8-15)13-14-3-4-14;22-21(23,24)7-11-30-9-5-13(6-10-30)18-15-4-3-14(12-17(15)31-29-18)26-20-19-16(27-28-20)2-1-8-25-19;1-13(2)27-10-7-14(8-11-27)19-16-6-5-15(12-18(16)28-26-19)23-21-20-17(24-25-21)4-3-9-22-20;1-2-5-12(6-3-1)17-14-9-8-13(11-16(14)25-24-17)21-19-18-15(22-23-19)7-4-10-20-18/h3-6,9,12,14H,7-8,10-11,13H2,1-2H3,(H2,24,25,26);1-2,5-6,9,12,14-15H,3-4,7-8,10-11,13H2,(H2,24,25,26);1-4,8,12-13H,5-7,9-11H2,(H2,26,27,28);3-6,9,12-14H,7-8,10-11H2,1-2H3,(H2,23,24,25);4,7-12H,1-3,5-6H2,(H2,21,22,23). The molecule has 6 fully saturated rings. The average molecular weight is 2030 g/mol. The molecule has 2 aliphatic carbocycles. The van der Waals surface area contributed by atoms with E-state index in [-0.39, 0.29) is 18.4 Å². The zero-order valence-electron chi connectivity index (χ0n) is 80.5. The molecule has 5 aromatic carbocycles. The fraction of sp³-hybridized carbons (Fsp3) is 0.371. The molecule has 31 nitrogen and oxygen atoms in total. The molecule has 6 aliphatic rings. The van der Waals surface area contributed by atoms with E-state index in [1.54, 1.807) is 65.6 Å². The quantitative estimate of drug-likeness (QED) is 0.0301. The van der Waals surface area contributed by atoms with Crippen LogP contribution in [0.4, 0.5) is 70.7 Å². The van der Waals surface area contributed by atoms with Crippen molar-refractivity contribution in [3.63, 3.8) is 0 Å². The smallest absolute Gasteiger partial charge is 0.342 e. The molecule has 10 N–H and O–H groups in total. The van der Waals surface area contributed by atoms with Gasteiger partial charge in [0.25, 0.3) is 0 Å². The van der Waals surface area contributed by atoms with Crippen molar-refractivity contribution in [1.29, 1.82) is 0 Å². The van der Waals surface area contributed by atoms with E-state index >= 15 is 0 Å². The van der Waals surface area contributed by atoms with Crippen molar-refractivity contribution in [3.8, 4) is 0 Å². The molecule has 26 rings (SSSR count). The molecule has 740 valence electrons. The fourth-order valence-electron chi connectivity index (χ4n) is 20.6. The van der Waals surface area contributed by atoms with Gasteiger partial charge in [-0.3, -0.25) is 55.2 Å². The number of hydrogen-bond donors (Lipinski definition) is 10. The summed E-state index contributed by atoms with van der Waals surface area (Å²) >= 11 is 7.80. The molecule has 20 aromatic rings. The Labute approximate surface area is 849 Å². The number of benzene rings is 5. The highest BCUT2D eigenvalue weighted by molar-refractivity contribution is 7.14. The third-order valence-electron chi connectivity index (χ3n) is 28.6. The molecule has 0 atom stereocenters. The zero-order valence-corrected chi connectivity index (χ0v) is 84.6. The molecule has 0 bridgehead atoms. The number of likely N-dealkylation sites (tertiary alicyclic amines) is 4. The number of carbonyl (C=O) groups is 1. The van der Waals surface area contributed by atoms with E-state index in [4.69, 9.17) is 21.9 Å². The molecule has 39 heteroatoms. The van der Waals surface area contributed by atoms with Crippen molar-refractivity contribution in [1.82, 2.24) is 122 Å². The van der Waals surface area contributed by atoms with Crippen molar-refractivity contribution in [3.05, 3.63) is 211 Å². The Morgan fingerprint density at radius 2 is 0.660 bits per heavy atom. The van der Waals surface area contributed by atoms with E-state index in [9.17, 15) is 18.0 Å². The number of halogens is 3. The number of nitrogens with zero attached hydrogens (tertiary/aromatic N) is 20. The lowest BCUT2D eigenvalue weighted by atomic mass is 9.86. The number of anilines is 10. The molecule has 4 saturated heterocycles. The van der Waals surface area contributed by atoms with Crippen LogP contribution in [0.2, 0.25) is 0 Å². The first kappa shape index (κ1) is 95.6. The Balaban J connectivity index is 0.000000103. The summed E-state index contributed by atoms with van der Waals surface area (Å²) in [5.41, 5.74) is 19.8. The van der Waals surface area contributed by atoms with Crippen LogP contribution in [0.15, 0.2) is 183 Å². The van der Waals surface area contributed by atoms with Gasteiger partial charge in [0.2, 0.25) is 5.91 Å². The van der Waals surface area contributed by atoms with Gasteiger partial charge in [0.15, 0.2) is 29.1 Å². The number of aromatic amines is 5. The van der Waals surface area contributed by atoms with Gasteiger partial charge >= 0.3 is 6.18 Å². The van der Waals surface area contributed by atoms with Gasteiger partial charge < -0.3 is 51.1 Å². The summed E-state index contributed by atoms with van der Waals surface area (Å²) in [6.45, 7) is 14.2. The van der Waals surface area contributed by atoms with Crippen molar-refractivity contribution in [2.45, 2.75) is 158 Å². The van der Waals surface area contributed by atoms with Gasteiger partial charge in [0.05, 0.1) is 92.5 Å². The topological polar surface area (TPSA) is 366 Å². The summed E-state index contributed by atoms with van der Waals surface area (Å²) in [5, 5.41) is 59.8. The summed E-state index contributed by atoms with van der Waals surface area (Å²) in [5.74, 6) is 7.34. The Kier molecular flexibility index (Phi) is 28.5. The second-order valence-electron chi connectivity index (χ2n) is 39.0. The SMILES string of the molecule is CC(C)N1CCC(c2nsc3cc(Nc4n[nH]c5cccnc45)ccc23)CC1.CN(C)CC(=O)N1CCC(c2nsc3cc(Nc4n[nH]c5cccnc45)ccc23)CC1.FC(F)(F)CCN1CCC(c2nsc3cc(Nc4n[nH]c5cccnc45)ccc23)CC1.c1cnc2c(Nc3ccc4c(C5CCCCC5)nsc4c3)n[nH]c2c1.c1cnc2c(Nc3ccc4c(C5CCN(CC6CC6)CC5)nsc4c3)n[nH]c2c1. The van der Waals surface area contributed by atoms with Crippen LogP contribution >= 0.6 is 57.7 Å². The number of nitrogens with one attached hydrogen (secondary N) is 10. The van der Waals surface area contributed by atoms with Crippen LogP contribution in [0.25, 0.3) is 106 Å². The third-order valence-corrected chi connectivity index (χ3v) is 32.7. The lowest BCUT2D eigenvalue weighted by Crippen LogP contribution is -2.42. The summed E-state index contributed by atoms with van der Waals surface area (Å²) < 4.78 is 67.3. The second kappa shape index (κ2) is 43.0. The first-order valence-corrected chi connectivity index (χ1v) is 53.8. The number of hydrogen-bond acceptors (Lipinski definition) is 30. The number of piperidine rings is 4. The maximum atomic E-state index is 12.5. The summed E-state index contributed by atoms with van der Waals surface area (Å²) in [6.07, 6.45) is 22.0. The molecule has 19 heterocycles. The minimum Gasteiger partial charge on any atom is -0.342 e. The van der Waals surface area contributed by atoms with E-state index in [1.807, 2.05) is 95.5 Å². The van der Waals surface area contributed by atoms with Crippen LogP contribution in [0.3, 0.4) is 0 Å². The monoisotopic (exact) mass is 2030 g/mol. The highest BCUT2D eigenvalue weighted by atomic mass is 32.1. The van der Waals surface area contributed by atoms with Crippen molar-refractivity contribution < 1.29 is 18.0 Å². The first-order valence-electron chi connectivity index (χ1n) is 49.9. The number of amides is 1. The molecule has 4 aliphatic heterocycles. The van der Waals surface area contributed by atoms with Crippen LogP contribution in [0.5, 0.6) is 0 Å². The minimum atomic E-state index is -4.09. The van der Waals surface area contributed by atoms with Crippen LogP contribution in [0, 0.1) is 5.92 Å². The number of aromatic nitrogens is 20. The molecule has 144 heavy (non-hydrogen) atoms. The average Bonchev–Trinajstić information content (AvgIpc) is 1.65. The Hall–Kier alpha value is -13.3. The lowest BCUT2D eigenvalue weighted by Gasteiger charge is -2.34. The van der Waals surface area contributed by atoms with Gasteiger partial charge in [-0.05, 0) is 360 Å². The molecule has 1 amide bonds. The number of rotatable bonds is 22. The van der Waals surface area contributed by atoms with Crippen LogP contribution in [-0.2, 0) is 4.79 Å². The molecule has 0 unspecified atom stereocenters. The number of pyridine rings is 5. The number of fused-ring (bicyclic) bond motifs is 10. The molecular weight excluding hydrogens is 1910 g/mol. The predicted octanol–water partition coefficient (Wildman–Crippen LogP) is 24.2. The summed E-state index contributed by atoms with van der Waals surface area (Å²) in [7, 11) is 3.86. The predicted molar refractivity (Wildman–Crippen MR) is 576 cm³/mol. The van der Waals surface area contributed by atoms with Gasteiger partial charge in [-0.15, -0.1) is 0 Å². The Morgan fingerprint density at radius 3 is 0.944 bits per heavy atom. The molecule has 0 radical (unpaired) electrons. The summed E-state index contributed by atoms with van der Waals surface area (Å²) in [4.78, 5) is 45.4. The van der Waals surface area contributed by atoms with Gasteiger partial charge in [-0.1, -0.05) is 19.3 Å². The van der Waals surface area contributed by atoms with Gasteiger partial charge in [-0.25, -0.2) is 0 Å². The van der Waals surface area contributed by atoms with E-state index in [1.165, 1.54) is 179 Å². The second-order valence-corrected chi connectivity index (χ2v) is 43.0. The summed E-state index contributed by atoms with van der Waals surface area (Å²) in [6, 6.07) is 51.9.